The van der Waals surface area contributed by atoms with E-state index in [9.17, 15) is 13.2 Å². The molecule has 0 spiro atoms. The Morgan fingerprint density at radius 3 is 2.45 bits per heavy atom. The number of hydrogen-bond acceptors (Lipinski definition) is 5. The van der Waals surface area contributed by atoms with Gasteiger partial charge in [0.25, 0.3) is 0 Å². The predicted molar refractivity (Wildman–Crippen MR) is 111 cm³/mol. The number of carbonyl (C=O) groups is 1. The number of urea groups is 1. The van der Waals surface area contributed by atoms with E-state index in [-0.39, 0.29) is 10.9 Å². The molecular weight excluding hydrogens is 392 g/mol. The lowest BCUT2D eigenvalue weighted by Crippen LogP contribution is -2.31. The van der Waals surface area contributed by atoms with Crippen LogP contribution in [0.4, 0.5) is 10.5 Å². The highest BCUT2D eigenvalue weighted by Gasteiger charge is 2.18. The number of aromatic nitrogens is 3. The number of rotatable bonds is 6. The minimum Gasteiger partial charge on any atom is -0.336 e. The number of amides is 2. The summed E-state index contributed by atoms with van der Waals surface area (Å²) in [5.74, 6) is 0. The second-order valence-electron chi connectivity index (χ2n) is 7.01. The molecule has 0 atom stereocenters. The number of anilines is 1. The van der Waals surface area contributed by atoms with Crippen LogP contribution in [-0.4, -0.2) is 54.4 Å². The summed E-state index contributed by atoms with van der Waals surface area (Å²) < 4.78 is 27.2. The Morgan fingerprint density at radius 2 is 1.79 bits per heavy atom. The lowest BCUT2D eigenvalue weighted by atomic mass is 10.1. The van der Waals surface area contributed by atoms with Gasteiger partial charge < -0.3 is 10.6 Å². The molecule has 2 amide bonds. The SMILES string of the molecule is Cc1cc(C)cc(NC(=O)NCCn2nnc3cc(S(=O)(=O)N(C)C)ccc32)c1. The third-order valence-corrected chi connectivity index (χ3v) is 6.16. The van der Waals surface area contributed by atoms with Gasteiger partial charge in [0.15, 0.2) is 0 Å². The van der Waals surface area contributed by atoms with E-state index in [4.69, 9.17) is 0 Å². The van der Waals surface area contributed by atoms with Crippen molar-refractivity contribution in [1.82, 2.24) is 24.6 Å². The molecule has 0 bridgehead atoms. The fraction of sp³-hybridized carbons (Fsp3) is 0.316. The van der Waals surface area contributed by atoms with Crippen molar-refractivity contribution in [2.75, 3.05) is 26.0 Å². The second kappa shape index (κ2) is 8.18. The van der Waals surface area contributed by atoms with E-state index in [1.54, 1.807) is 10.7 Å². The van der Waals surface area contributed by atoms with Crippen molar-refractivity contribution in [2.24, 2.45) is 0 Å². The molecule has 10 heteroatoms. The summed E-state index contributed by atoms with van der Waals surface area (Å²) in [7, 11) is -0.578. The molecule has 1 aromatic heterocycles. The van der Waals surface area contributed by atoms with Gasteiger partial charge in [-0.25, -0.2) is 22.2 Å². The van der Waals surface area contributed by atoms with E-state index in [2.05, 4.69) is 20.9 Å². The summed E-state index contributed by atoms with van der Waals surface area (Å²) in [6, 6.07) is 10.2. The monoisotopic (exact) mass is 416 g/mol. The molecule has 2 aromatic carbocycles. The minimum absolute atomic E-state index is 0.160. The van der Waals surface area contributed by atoms with Gasteiger partial charge in [-0.3, -0.25) is 0 Å². The van der Waals surface area contributed by atoms with Gasteiger partial charge in [-0.15, -0.1) is 5.10 Å². The number of nitrogens with zero attached hydrogens (tertiary/aromatic N) is 4. The van der Waals surface area contributed by atoms with Crippen molar-refractivity contribution in [2.45, 2.75) is 25.3 Å². The van der Waals surface area contributed by atoms with Crippen LogP contribution in [0.15, 0.2) is 41.3 Å². The molecule has 29 heavy (non-hydrogen) atoms. The van der Waals surface area contributed by atoms with Crippen LogP contribution in [0.1, 0.15) is 11.1 Å². The van der Waals surface area contributed by atoms with E-state index in [1.165, 1.54) is 26.2 Å². The fourth-order valence-electron chi connectivity index (χ4n) is 2.99. The van der Waals surface area contributed by atoms with Gasteiger partial charge in [-0.2, -0.15) is 0 Å². The maximum Gasteiger partial charge on any atom is 0.319 e. The lowest BCUT2D eigenvalue weighted by molar-refractivity contribution is 0.251. The molecule has 0 fully saturated rings. The van der Waals surface area contributed by atoms with Gasteiger partial charge in [-0.1, -0.05) is 11.3 Å². The molecule has 9 nitrogen and oxygen atoms in total. The molecule has 0 saturated heterocycles. The number of benzene rings is 2. The quantitative estimate of drug-likeness (QED) is 0.640. The van der Waals surface area contributed by atoms with Crippen LogP contribution in [0.3, 0.4) is 0 Å². The molecule has 3 aromatic rings. The highest BCUT2D eigenvalue weighted by Crippen LogP contribution is 2.19. The van der Waals surface area contributed by atoms with Gasteiger partial charge in [-0.05, 0) is 55.3 Å². The highest BCUT2D eigenvalue weighted by atomic mass is 32.2. The average Bonchev–Trinajstić information content (AvgIpc) is 3.03. The molecule has 154 valence electrons. The third kappa shape index (κ3) is 4.72. The Morgan fingerprint density at radius 1 is 1.10 bits per heavy atom. The van der Waals surface area contributed by atoms with Gasteiger partial charge in [0.1, 0.15) is 5.52 Å². The first-order valence-electron chi connectivity index (χ1n) is 9.06. The molecule has 0 saturated carbocycles. The van der Waals surface area contributed by atoms with Crippen molar-refractivity contribution in [1.29, 1.82) is 0 Å². The lowest BCUT2D eigenvalue weighted by Gasteiger charge is -2.11. The molecular formula is C19H24N6O3S. The molecule has 0 unspecified atom stereocenters. The van der Waals surface area contributed by atoms with Crippen molar-refractivity contribution in [3.05, 3.63) is 47.5 Å². The van der Waals surface area contributed by atoms with Gasteiger partial charge in [0.2, 0.25) is 10.0 Å². The Hall–Kier alpha value is -2.98. The number of fused-ring (bicyclic) bond motifs is 1. The summed E-state index contributed by atoms with van der Waals surface area (Å²) in [5.41, 5.74) is 4.06. The number of hydrogen-bond donors (Lipinski definition) is 2. The van der Waals surface area contributed by atoms with Gasteiger partial charge in [0.05, 0.1) is 17.0 Å². The van der Waals surface area contributed by atoms with Crippen LogP contribution >= 0.6 is 0 Å². The van der Waals surface area contributed by atoms with Crippen LogP contribution < -0.4 is 10.6 Å². The Bertz CT molecular complexity index is 1130. The highest BCUT2D eigenvalue weighted by molar-refractivity contribution is 7.89. The summed E-state index contributed by atoms with van der Waals surface area (Å²) in [5, 5.41) is 13.7. The van der Waals surface area contributed by atoms with E-state index in [1.807, 2.05) is 32.0 Å². The van der Waals surface area contributed by atoms with Crippen molar-refractivity contribution in [3.63, 3.8) is 0 Å². The van der Waals surface area contributed by atoms with Gasteiger partial charge >= 0.3 is 6.03 Å². The zero-order valence-corrected chi connectivity index (χ0v) is 17.6. The number of nitrogens with one attached hydrogen (secondary N) is 2. The van der Waals surface area contributed by atoms with Crippen LogP contribution in [0.5, 0.6) is 0 Å². The Labute approximate surface area is 169 Å². The topological polar surface area (TPSA) is 109 Å². The first-order chi connectivity index (χ1) is 13.7. The van der Waals surface area contributed by atoms with E-state index < -0.39 is 10.0 Å². The maximum absolute atomic E-state index is 12.2. The van der Waals surface area contributed by atoms with E-state index >= 15 is 0 Å². The Balaban J connectivity index is 1.63. The molecule has 0 aliphatic carbocycles. The number of carbonyl (C=O) groups excluding carboxylic acids is 1. The summed E-state index contributed by atoms with van der Waals surface area (Å²) >= 11 is 0. The molecule has 3 rings (SSSR count). The zero-order chi connectivity index (χ0) is 21.2. The standard InChI is InChI=1S/C19H24N6O3S/c1-13-9-14(2)11-15(10-13)21-19(26)20-7-8-25-18-6-5-16(12-17(18)22-23-25)29(27,28)24(3)4/h5-6,9-12H,7-8H2,1-4H3,(H2,20,21,26). The molecule has 0 aliphatic heterocycles. The van der Waals surface area contributed by atoms with Crippen LogP contribution in [-0.2, 0) is 16.6 Å². The fourth-order valence-corrected chi connectivity index (χ4v) is 3.91. The first-order valence-corrected chi connectivity index (χ1v) is 10.5. The van der Waals surface area contributed by atoms with Crippen LogP contribution in [0, 0.1) is 13.8 Å². The molecule has 1 heterocycles. The summed E-state index contributed by atoms with van der Waals surface area (Å²) in [6.07, 6.45) is 0. The van der Waals surface area contributed by atoms with E-state index in [0.717, 1.165) is 21.1 Å². The first kappa shape index (κ1) is 20.7. The second-order valence-corrected chi connectivity index (χ2v) is 9.16. The van der Waals surface area contributed by atoms with Gasteiger partial charge in [0, 0.05) is 26.3 Å². The van der Waals surface area contributed by atoms with Crippen molar-refractivity contribution in [3.8, 4) is 0 Å². The normalized spacial score (nSPS) is 11.8. The van der Waals surface area contributed by atoms with E-state index in [0.29, 0.717) is 24.1 Å². The van der Waals surface area contributed by atoms with Crippen LogP contribution in [0.25, 0.3) is 11.0 Å². The third-order valence-electron chi connectivity index (χ3n) is 4.35. The molecule has 0 aliphatic rings. The van der Waals surface area contributed by atoms with Crippen molar-refractivity contribution < 1.29 is 13.2 Å². The minimum atomic E-state index is -3.53. The van der Waals surface area contributed by atoms with Crippen LogP contribution in [0.2, 0.25) is 0 Å². The predicted octanol–water partition coefficient (Wildman–Crippen LogP) is 2.12. The maximum atomic E-state index is 12.2. The van der Waals surface area contributed by atoms with Crippen molar-refractivity contribution >= 4 is 32.8 Å². The molecule has 0 radical (unpaired) electrons. The zero-order valence-electron chi connectivity index (χ0n) is 16.8. The number of aryl methyl sites for hydroxylation is 2. The molecule has 2 N–H and O–H groups in total. The Kier molecular flexibility index (Phi) is 5.85. The smallest absolute Gasteiger partial charge is 0.319 e. The summed E-state index contributed by atoms with van der Waals surface area (Å²) in [6.45, 7) is 4.69. The number of sulfonamides is 1. The summed E-state index contributed by atoms with van der Waals surface area (Å²) in [4.78, 5) is 12.3. The average molecular weight is 417 g/mol. The largest absolute Gasteiger partial charge is 0.336 e.